The fraction of sp³-hybridized carbons (Fsp3) is 0.609. The van der Waals surface area contributed by atoms with E-state index < -0.39 is 11.9 Å². The smallest absolute Gasteiger partial charge is 0.338 e. The van der Waals surface area contributed by atoms with Crippen molar-refractivity contribution in [1.82, 2.24) is 10.8 Å². The zero-order valence-corrected chi connectivity index (χ0v) is 18.8. The second-order valence-electron chi connectivity index (χ2n) is 6.89. The molecular formula is C23H38N2O5. The van der Waals surface area contributed by atoms with E-state index in [1.807, 2.05) is 32.0 Å². The SMILES string of the molecule is CC.COC(=O)c1ccccc1CCCCCCCCCC(=O)NC(C)C(=O)NO. The number of amides is 2. The molecule has 1 rings (SSSR count). The monoisotopic (exact) mass is 422 g/mol. The Kier molecular flexibility index (Phi) is 16.0. The molecule has 0 fully saturated rings. The van der Waals surface area contributed by atoms with Crippen LogP contribution in [0.1, 0.15) is 88.1 Å². The highest BCUT2D eigenvalue weighted by atomic mass is 16.5. The maximum atomic E-state index is 11.7. The number of rotatable bonds is 13. The van der Waals surface area contributed by atoms with Crippen molar-refractivity contribution in [2.45, 2.75) is 84.6 Å². The standard InChI is InChI=1S/C21H32N2O5.C2H6/c1-16(20(25)23-27)22-19(24)15-9-7-5-3-4-6-8-12-17-13-10-11-14-18(17)21(26)28-2;1-2/h10-11,13-14,16,27H,3-9,12,15H2,1-2H3,(H,22,24)(H,23,25);1-2H3. The minimum Gasteiger partial charge on any atom is -0.465 e. The molecule has 1 aromatic rings. The van der Waals surface area contributed by atoms with Crippen LogP contribution in [0.25, 0.3) is 0 Å². The van der Waals surface area contributed by atoms with Gasteiger partial charge in [-0.15, -0.1) is 0 Å². The lowest BCUT2D eigenvalue weighted by molar-refractivity contribution is -0.134. The van der Waals surface area contributed by atoms with Crippen LogP contribution >= 0.6 is 0 Å². The second kappa shape index (κ2) is 17.4. The Morgan fingerprint density at radius 1 is 0.967 bits per heavy atom. The largest absolute Gasteiger partial charge is 0.465 e. The molecule has 0 aliphatic rings. The summed E-state index contributed by atoms with van der Waals surface area (Å²) in [7, 11) is 1.40. The molecule has 0 bridgehead atoms. The van der Waals surface area contributed by atoms with E-state index >= 15 is 0 Å². The average Bonchev–Trinajstić information content (AvgIpc) is 2.78. The van der Waals surface area contributed by atoms with Crippen molar-refractivity contribution in [2.24, 2.45) is 0 Å². The summed E-state index contributed by atoms with van der Waals surface area (Å²) in [6.45, 7) is 5.52. The van der Waals surface area contributed by atoms with Gasteiger partial charge in [0, 0.05) is 6.42 Å². The van der Waals surface area contributed by atoms with Gasteiger partial charge in [0.1, 0.15) is 6.04 Å². The zero-order valence-electron chi connectivity index (χ0n) is 18.8. The Hall–Kier alpha value is -2.41. The van der Waals surface area contributed by atoms with Crippen molar-refractivity contribution in [2.75, 3.05) is 7.11 Å². The van der Waals surface area contributed by atoms with E-state index in [9.17, 15) is 14.4 Å². The number of aryl methyl sites for hydroxylation is 1. The number of hydroxylamine groups is 1. The Labute approximate surface area is 180 Å². The van der Waals surface area contributed by atoms with Crippen LogP contribution in [0.5, 0.6) is 0 Å². The fourth-order valence-electron chi connectivity index (χ4n) is 3.01. The number of esters is 1. The molecule has 170 valence electrons. The number of unbranched alkanes of at least 4 members (excludes halogenated alkanes) is 6. The molecule has 7 heteroatoms. The van der Waals surface area contributed by atoms with Gasteiger partial charge in [-0.05, 0) is 37.8 Å². The molecule has 0 saturated heterocycles. The quantitative estimate of drug-likeness (QED) is 0.191. The first-order chi connectivity index (χ1) is 14.5. The number of hydrogen-bond donors (Lipinski definition) is 3. The molecule has 0 aliphatic heterocycles. The van der Waals surface area contributed by atoms with Gasteiger partial charge < -0.3 is 10.1 Å². The summed E-state index contributed by atoms with van der Waals surface area (Å²) in [6, 6.07) is 6.82. The summed E-state index contributed by atoms with van der Waals surface area (Å²) >= 11 is 0. The molecule has 1 aromatic carbocycles. The minimum absolute atomic E-state index is 0.180. The Morgan fingerprint density at radius 2 is 1.53 bits per heavy atom. The molecular weight excluding hydrogens is 384 g/mol. The third-order valence-corrected chi connectivity index (χ3v) is 4.65. The Morgan fingerprint density at radius 3 is 2.13 bits per heavy atom. The zero-order chi connectivity index (χ0) is 22.8. The van der Waals surface area contributed by atoms with Crippen LogP contribution in [0.4, 0.5) is 0 Å². The van der Waals surface area contributed by atoms with Gasteiger partial charge in [0.25, 0.3) is 5.91 Å². The van der Waals surface area contributed by atoms with Crippen LogP contribution < -0.4 is 10.8 Å². The Bertz CT molecular complexity index is 634. The highest BCUT2D eigenvalue weighted by Gasteiger charge is 2.14. The van der Waals surface area contributed by atoms with Gasteiger partial charge >= 0.3 is 5.97 Å². The molecule has 0 radical (unpaired) electrons. The van der Waals surface area contributed by atoms with Gasteiger partial charge in [-0.2, -0.15) is 0 Å². The Balaban J connectivity index is 0.00000407. The van der Waals surface area contributed by atoms with Crippen LogP contribution in [0.2, 0.25) is 0 Å². The first-order valence-corrected chi connectivity index (χ1v) is 10.9. The van der Waals surface area contributed by atoms with Crippen molar-refractivity contribution >= 4 is 17.8 Å². The van der Waals surface area contributed by atoms with Gasteiger partial charge in [0.15, 0.2) is 0 Å². The second-order valence-corrected chi connectivity index (χ2v) is 6.89. The molecule has 0 spiro atoms. The molecule has 0 aromatic heterocycles. The van der Waals surface area contributed by atoms with Crippen LogP contribution in [0.3, 0.4) is 0 Å². The predicted octanol–water partition coefficient (Wildman–Crippen LogP) is 4.17. The number of methoxy groups -OCH3 is 1. The summed E-state index contributed by atoms with van der Waals surface area (Å²) in [6.07, 6.45) is 8.44. The maximum Gasteiger partial charge on any atom is 0.338 e. The number of carbonyl (C=O) groups excluding carboxylic acids is 3. The third-order valence-electron chi connectivity index (χ3n) is 4.65. The van der Waals surface area contributed by atoms with E-state index in [0.29, 0.717) is 12.0 Å². The normalized spacial score (nSPS) is 11.0. The molecule has 1 unspecified atom stereocenters. The fourth-order valence-corrected chi connectivity index (χ4v) is 3.01. The maximum absolute atomic E-state index is 11.7. The van der Waals surface area contributed by atoms with Crippen LogP contribution in [-0.2, 0) is 20.7 Å². The molecule has 2 amide bonds. The topological polar surface area (TPSA) is 105 Å². The average molecular weight is 423 g/mol. The van der Waals surface area contributed by atoms with Gasteiger partial charge in [0.05, 0.1) is 12.7 Å². The van der Waals surface area contributed by atoms with E-state index in [0.717, 1.165) is 56.9 Å². The van der Waals surface area contributed by atoms with Gasteiger partial charge in [-0.1, -0.05) is 64.2 Å². The number of ether oxygens (including phenoxy) is 1. The van der Waals surface area contributed by atoms with E-state index in [2.05, 4.69) is 5.32 Å². The van der Waals surface area contributed by atoms with Crippen molar-refractivity contribution in [3.63, 3.8) is 0 Å². The number of hydrogen-bond acceptors (Lipinski definition) is 5. The number of nitrogens with one attached hydrogen (secondary N) is 2. The molecule has 0 saturated carbocycles. The lowest BCUT2D eigenvalue weighted by atomic mass is 10.00. The highest BCUT2D eigenvalue weighted by Crippen LogP contribution is 2.15. The summed E-state index contributed by atoms with van der Waals surface area (Å²) in [5, 5.41) is 11.0. The van der Waals surface area contributed by atoms with Crippen LogP contribution in [0, 0.1) is 0 Å². The molecule has 30 heavy (non-hydrogen) atoms. The van der Waals surface area contributed by atoms with Crippen LogP contribution in [0.15, 0.2) is 24.3 Å². The summed E-state index contributed by atoms with van der Waals surface area (Å²) < 4.78 is 4.82. The molecule has 0 aliphatic carbocycles. The van der Waals surface area contributed by atoms with Crippen molar-refractivity contribution in [1.29, 1.82) is 0 Å². The molecule has 0 heterocycles. The molecule has 1 atom stereocenters. The lowest BCUT2D eigenvalue weighted by Crippen LogP contribution is -2.43. The molecule has 7 nitrogen and oxygen atoms in total. The van der Waals surface area contributed by atoms with E-state index in [4.69, 9.17) is 9.94 Å². The van der Waals surface area contributed by atoms with Gasteiger partial charge in [-0.3, -0.25) is 14.8 Å². The minimum atomic E-state index is -0.734. The van der Waals surface area contributed by atoms with Crippen LogP contribution in [-0.4, -0.2) is 36.1 Å². The highest BCUT2D eigenvalue weighted by molar-refractivity contribution is 5.91. The summed E-state index contributed by atoms with van der Waals surface area (Å²) in [4.78, 5) is 34.5. The predicted molar refractivity (Wildman–Crippen MR) is 117 cm³/mol. The van der Waals surface area contributed by atoms with Gasteiger partial charge in [0.2, 0.25) is 5.91 Å². The number of benzene rings is 1. The molecule has 3 N–H and O–H groups in total. The van der Waals surface area contributed by atoms with Crippen molar-refractivity contribution < 1.29 is 24.3 Å². The summed E-state index contributed by atoms with van der Waals surface area (Å²) in [5.41, 5.74) is 3.20. The first kappa shape index (κ1) is 27.6. The van der Waals surface area contributed by atoms with E-state index in [1.54, 1.807) is 6.07 Å². The van der Waals surface area contributed by atoms with Gasteiger partial charge in [-0.25, -0.2) is 10.3 Å². The summed E-state index contributed by atoms with van der Waals surface area (Å²) in [5.74, 6) is -1.09. The van der Waals surface area contributed by atoms with E-state index in [1.165, 1.54) is 19.5 Å². The van der Waals surface area contributed by atoms with Crippen molar-refractivity contribution in [3.8, 4) is 0 Å². The third kappa shape index (κ3) is 11.6. The first-order valence-electron chi connectivity index (χ1n) is 10.9. The van der Waals surface area contributed by atoms with E-state index in [-0.39, 0.29) is 11.9 Å². The van der Waals surface area contributed by atoms with Crippen molar-refractivity contribution in [3.05, 3.63) is 35.4 Å². The number of carbonyl (C=O) groups is 3. The lowest BCUT2D eigenvalue weighted by Gasteiger charge is -2.11.